The van der Waals surface area contributed by atoms with Gasteiger partial charge in [-0.2, -0.15) is 13.2 Å². The van der Waals surface area contributed by atoms with E-state index in [4.69, 9.17) is 11.6 Å². The van der Waals surface area contributed by atoms with E-state index in [1.165, 1.54) is 37.3 Å². The summed E-state index contributed by atoms with van der Waals surface area (Å²) in [5.41, 5.74) is -0.928. The number of carbonyl (C=O) groups is 1. The van der Waals surface area contributed by atoms with E-state index in [2.05, 4.69) is 10.0 Å². The van der Waals surface area contributed by atoms with E-state index in [0.29, 0.717) is 13.1 Å². The Balaban J connectivity index is 1.76. The van der Waals surface area contributed by atoms with E-state index in [0.717, 1.165) is 25.2 Å². The number of hydrogen-bond donors (Lipinski definition) is 2. The fourth-order valence-corrected chi connectivity index (χ4v) is 6.36. The van der Waals surface area contributed by atoms with E-state index < -0.39 is 37.5 Å². The molecule has 2 N–H and O–H groups in total. The van der Waals surface area contributed by atoms with Gasteiger partial charge in [-0.25, -0.2) is 21.6 Å². The van der Waals surface area contributed by atoms with Crippen LogP contribution in [-0.2, 0) is 39.1 Å². The van der Waals surface area contributed by atoms with Crippen LogP contribution in [0, 0.1) is 5.92 Å². The molecule has 1 fully saturated rings. The van der Waals surface area contributed by atoms with E-state index in [9.17, 15) is 34.8 Å². The molecule has 0 saturated carbocycles. The molecule has 2 aromatic rings. The monoisotopic (exact) mass is 609 g/mol. The molecule has 1 amide bonds. The van der Waals surface area contributed by atoms with Gasteiger partial charge in [0.1, 0.15) is 0 Å². The molecule has 0 spiro atoms. The van der Waals surface area contributed by atoms with Crippen LogP contribution in [0.2, 0.25) is 5.02 Å². The molecular weight excluding hydrogens is 579 g/mol. The summed E-state index contributed by atoms with van der Waals surface area (Å²) in [6.45, 7) is 2.44. The molecule has 14 heteroatoms. The van der Waals surface area contributed by atoms with Gasteiger partial charge in [0.05, 0.1) is 22.5 Å². The highest BCUT2D eigenvalue weighted by Crippen LogP contribution is 2.34. The van der Waals surface area contributed by atoms with Crippen molar-refractivity contribution in [2.75, 3.05) is 31.6 Å². The Kier molecular flexibility index (Phi) is 10.1. The number of halogens is 4. The van der Waals surface area contributed by atoms with E-state index >= 15 is 0 Å². The Hall–Kier alpha value is -2.19. The maximum atomic E-state index is 14.0. The highest BCUT2D eigenvalue weighted by atomic mass is 35.5. The summed E-state index contributed by atoms with van der Waals surface area (Å²) in [5, 5.41) is 2.75. The van der Waals surface area contributed by atoms with Crippen LogP contribution in [0.25, 0.3) is 0 Å². The third-order valence-electron chi connectivity index (χ3n) is 6.49. The average Bonchev–Trinajstić information content (AvgIpc) is 2.85. The molecule has 1 atom stereocenters. The molecule has 2 aromatic carbocycles. The molecule has 0 radical (unpaired) electrons. The van der Waals surface area contributed by atoms with Gasteiger partial charge in [0.15, 0.2) is 9.84 Å². The fourth-order valence-electron chi connectivity index (χ4n) is 4.51. The maximum absolute atomic E-state index is 14.0. The van der Waals surface area contributed by atoms with Crippen molar-refractivity contribution in [1.82, 2.24) is 14.9 Å². The number of piperidine rings is 1. The van der Waals surface area contributed by atoms with Crippen LogP contribution >= 0.6 is 11.6 Å². The lowest BCUT2D eigenvalue weighted by atomic mass is 9.96. The van der Waals surface area contributed by atoms with Gasteiger partial charge in [-0.1, -0.05) is 24.6 Å². The van der Waals surface area contributed by atoms with Crippen molar-refractivity contribution < 1.29 is 34.8 Å². The normalized spacial score (nSPS) is 17.2. The van der Waals surface area contributed by atoms with Gasteiger partial charge in [0.25, 0.3) is 5.91 Å². The molecular formula is C25H31ClF3N3O5S2. The van der Waals surface area contributed by atoms with Gasteiger partial charge >= 0.3 is 6.18 Å². The fraction of sp³-hybridized carbons (Fsp3) is 0.480. The second-order valence-corrected chi connectivity index (χ2v) is 14.1. The van der Waals surface area contributed by atoms with Crippen molar-refractivity contribution in [3.8, 4) is 0 Å². The Morgan fingerprint density at radius 1 is 1.10 bits per heavy atom. The number of carbonyl (C=O) groups excluding carboxylic acids is 1. The van der Waals surface area contributed by atoms with Crippen molar-refractivity contribution >= 4 is 37.4 Å². The van der Waals surface area contributed by atoms with Crippen LogP contribution < -0.4 is 10.0 Å². The van der Waals surface area contributed by atoms with Crippen LogP contribution in [0.1, 0.15) is 46.8 Å². The molecule has 39 heavy (non-hydrogen) atoms. The van der Waals surface area contributed by atoms with Gasteiger partial charge in [0.2, 0.25) is 10.0 Å². The van der Waals surface area contributed by atoms with E-state index in [1.807, 2.05) is 4.90 Å². The molecule has 1 aliphatic rings. The van der Waals surface area contributed by atoms with Crippen LogP contribution in [0.3, 0.4) is 0 Å². The van der Waals surface area contributed by atoms with Crippen molar-refractivity contribution in [2.45, 2.75) is 43.9 Å². The topological polar surface area (TPSA) is 113 Å². The lowest BCUT2D eigenvalue weighted by Crippen LogP contribution is -2.40. The number of rotatable bonds is 10. The quantitative estimate of drug-likeness (QED) is 0.423. The number of sulfone groups is 1. The average molecular weight is 610 g/mol. The first-order chi connectivity index (χ1) is 18.1. The van der Waals surface area contributed by atoms with Crippen LogP contribution in [0.5, 0.6) is 0 Å². The summed E-state index contributed by atoms with van der Waals surface area (Å²) in [5.74, 6) is -0.990. The smallest absolute Gasteiger partial charge is 0.348 e. The standard InChI is InChI=1S/C25H31ClF3N3O5S2/c1-3-39(36,37)23-9-8-21(26)11-20(23)14-30-24(33)18-6-7-19(22(12-18)25(27,28)29)16-32-10-4-5-17(15-32)13-31-38(2,34)35/h6-9,11-12,17,31H,3-5,10,13-16H2,1-2H3,(H,30,33)/t17-/m0/s1. The van der Waals surface area contributed by atoms with Gasteiger partial charge in [-0.15, -0.1) is 0 Å². The molecule has 0 aliphatic carbocycles. The number of hydrogen-bond acceptors (Lipinski definition) is 6. The van der Waals surface area contributed by atoms with Gasteiger partial charge < -0.3 is 5.32 Å². The van der Waals surface area contributed by atoms with Crippen molar-refractivity contribution in [3.63, 3.8) is 0 Å². The summed E-state index contributed by atoms with van der Waals surface area (Å²) in [6.07, 6.45) is -2.18. The number of sulfonamides is 1. The minimum atomic E-state index is -4.71. The number of nitrogens with zero attached hydrogens (tertiary/aromatic N) is 1. The zero-order valence-corrected chi connectivity index (χ0v) is 23.9. The first-order valence-electron chi connectivity index (χ1n) is 12.3. The molecule has 1 aliphatic heterocycles. The van der Waals surface area contributed by atoms with Crippen molar-refractivity contribution in [3.05, 3.63) is 63.7 Å². The molecule has 216 valence electrons. The van der Waals surface area contributed by atoms with Crippen molar-refractivity contribution in [1.29, 1.82) is 0 Å². The highest BCUT2D eigenvalue weighted by Gasteiger charge is 2.35. The van der Waals surface area contributed by atoms with Crippen LogP contribution in [0.4, 0.5) is 13.2 Å². The number of benzene rings is 2. The third kappa shape index (κ3) is 8.90. The Morgan fingerprint density at radius 3 is 2.46 bits per heavy atom. The Bertz CT molecular complexity index is 1420. The van der Waals surface area contributed by atoms with Gasteiger partial charge in [-0.3, -0.25) is 9.69 Å². The Labute approximate surface area is 231 Å². The van der Waals surface area contributed by atoms with E-state index in [-0.39, 0.29) is 57.9 Å². The largest absolute Gasteiger partial charge is 0.416 e. The molecule has 1 saturated heterocycles. The second-order valence-electron chi connectivity index (χ2n) is 9.57. The lowest BCUT2D eigenvalue weighted by molar-refractivity contribution is -0.138. The number of nitrogens with one attached hydrogen (secondary N) is 2. The predicted octanol–water partition coefficient (Wildman–Crippen LogP) is 3.84. The van der Waals surface area contributed by atoms with E-state index in [1.54, 1.807) is 0 Å². The minimum absolute atomic E-state index is 0.00180. The number of amides is 1. The Morgan fingerprint density at radius 2 is 1.82 bits per heavy atom. The van der Waals surface area contributed by atoms with Crippen LogP contribution in [0.15, 0.2) is 41.3 Å². The van der Waals surface area contributed by atoms with Gasteiger partial charge in [-0.05, 0) is 66.8 Å². The zero-order valence-electron chi connectivity index (χ0n) is 21.5. The minimum Gasteiger partial charge on any atom is -0.348 e. The first-order valence-corrected chi connectivity index (χ1v) is 16.2. The molecule has 8 nitrogen and oxygen atoms in total. The summed E-state index contributed by atoms with van der Waals surface area (Å²) >= 11 is 5.99. The molecule has 0 bridgehead atoms. The molecule has 3 rings (SSSR count). The van der Waals surface area contributed by atoms with Gasteiger partial charge in [0, 0.05) is 36.8 Å². The highest BCUT2D eigenvalue weighted by molar-refractivity contribution is 7.91. The van der Waals surface area contributed by atoms with Crippen molar-refractivity contribution in [2.24, 2.45) is 5.92 Å². The third-order valence-corrected chi connectivity index (χ3v) is 9.24. The maximum Gasteiger partial charge on any atom is 0.416 e. The SMILES string of the molecule is CCS(=O)(=O)c1ccc(Cl)cc1CNC(=O)c1ccc(CN2CCC[C@@H](CNS(C)(=O)=O)C2)c(C(F)(F)F)c1. The molecule has 0 unspecified atom stereocenters. The van der Waals surface area contributed by atoms with Crippen LogP contribution in [-0.4, -0.2) is 59.3 Å². The first kappa shape index (κ1) is 31.3. The summed E-state index contributed by atoms with van der Waals surface area (Å²) < 4.78 is 92.0. The lowest BCUT2D eigenvalue weighted by Gasteiger charge is -2.33. The summed E-state index contributed by atoms with van der Waals surface area (Å²) in [7, 11) is -6.98. The summed E-state index contributed by atoms with van der Waals surface area (Å²) in [6, 6.07) is 7.50. The molecule has 1 heterocycles. The summed E-state index contributed by atoms with van der Waals surface area (Å²) in [4.78, 5) is 14.6. The number of alkyl halides is 3. The molecule has 0 aromatic heterocycles. The zero-order chi connectivity index (χ0) is 29.0. The predicted molar refractivity (Wildman–Crippen MR) is 143 cm³/mol. The number of likely N-dealkylation sites (tertiary alicyclic amines) is 1. The second kappa shape index (κ2) is 12.5.